The molecule has 0 saturated heterocycles. The van der Waals surface area contributed by atoms with Gasteiger partial charge in [-0.2, -0.15) is 9.97 Å². The standard InChI is InChI=1S/C45H28N4O/c1-3-12-29(13-4-1)30-22-24-32(25-23-30)43-46-44(48-45(47-43)49-38-19-9-7-16-35(38)36-17-8-10-20-39(36)49)33-26-27-37-41(28-33)50-40-21-11-18-34(42(37)40)31-14-5-2-6-15-31/h1-28H. The summed E-state index contributed by atoms with van der Waals surface area (Å²) in [4.78, 5) is 15.4. The Bertz CT molecular complexity index is 2800. The molecule has 0 bridgehead atoms. The highest BCUT2D eigenvalue weighted by Gasteiger charge is 2.19. The molecule has 0 spiro atoms. The third-order valence-electron chi connectivity index (χ3n) is 9.49. The molecule has 50 heavy (non-hydrogen) atoms. The monoisotopic (exact) mass is 640 g/mol. The molecule has 10 rings (SSSR count). The fourth-order valence-corrected chi connectivity index (χ4v) is 7.13. The van der Waals surface area contributed by atoms with E-state index >= 15 is 0 Å². The molecule has 234 valence electrons. The Kier molecular flexibility index (Phi) is 6.42. The zero-order chi connectivity index (χ0) is 33.0. The predicted octanol–water partition coefficient (Wildman–Crippen LogP) is 11.5. The number of hydrogen-bond acceptors (Lipinski definition) is 4. The average Bonchev–Trinajstić information content (AvgIpc) is 3.74. The minimum atomic E-state index is 0.561. The zero-order valence-electron chi connectivity index (χ0n) is 26.9. The van der Waals surface area contributed by atoms with E-state index in [0.717, 1.165) is 77.1 Å². The Balaban J connectivity index is 1.18. The molecule has 0 N–H and O–H groups in total. The van der Waals surface area contributed by atoms with Gasteiger partial charge in [0.15, 0.2) is 11.6 Å². The van der Waals surface area contributed by atoms with E-state index in [2.05, 4.69) is 150 Å². The van der Waals surface area contributed by atoms with E-state index in [9.17, 15) is 0 Å². The van der Waals surface area contributed by atoms with Crippen LogP contribution in [0.1, 0.15) is 0 Å². The van der Waals surface area contributed by atoms with Crippen molar-refractivity contribution in [2.75, 3.05) is 0 Å². The molecule has 10 aromatic rings. The van der Waals surface area contributed by atoms with Crippen molar-refractivity contribution in [1.29, 1.82) is 0 Å². The van der Waals surface area contributed by atoms with Gasteiger partial charge in [0.2, 0.25) is 5.95 Å². The molecule has 0 radical (unpaired) electrons. The van der Waals surface area contributed by atoms with Crippen molar-refractivity contribution in [2.45, 2.75) is 0 Å². The van der Waals surface area contributed by atoms with E-state index in [1.807, 2.05) is 24.3 Å². The third kappa shape index (κ3) is 4.60. The van der Waals surface area contributed by atoms with Crippen LogP contribution in [-0.2, 0) is 0 Å². The van der Waals surface area contributed by atoms with Crippen LogP contribution in [0.25, 0.3) is 94.7 Å². The summed E-state index contributed by atoms with van der Waals surface area (Å²) in [5.74, 6) is 1.73. The lowest BCUT2D eigenvalue weighted by molar-refractivity contribution is 0.669. The van der Waals surface area contributed by atoms with Crippen LogP contribution >= 0.6 is 0 Å². The highest BCUT2D eigenvalue weighted by atomic mass is 16.3. The van der Waals surface area contributed by atoms with Gasteiger partial charge in [-0.1, -0.05) is 140 Å². The van der Waals surface area contributed by atoms with Crippen molar-refractivity contribution in [2.24, 2.45) is 0 Å². The van der Waals surface area contributed by atoms with E-state index in [0.29, 0.717) is 17.6 Å². The molecule has 0 amide bonds. The van der Waals surface area contributed by atoms with Crippen molar-refractivity contribution in [3.63, 3.8) is 0 Å². The lowest BCUT2D eigenvalue weighted by Gasteiger charge is -2.11. The Morgan fingerprint density at radius 2 is 0.940 bits per heavy atom. The predicted molar refractivity (Wildman–Crippen MR) is 203 cm³/mol. The van der Waals surface area contributed by atoms with Gasteiger partial charge in [-0.25, -0.2) is 4.98 Å². The number of benzene rings is 7. The summed E-state index contributed by atoms with van der Waals surface area (Å²) in [6.07, 6.45) is 0. The molecule has 5 nitrogen and oxygen atoms in total. The molecule has 0 unspecified atom stereocenters. The molecule has 3 aromatic heterocycles. The van der Waals surface area contributed by atoms with Gasteiger partial charge in [0.1, 0.15) is 11.2 Å². The van der Waals surface area contributed by atoms with Gasteiger partial charge in [0.25, 0.3) is 0 Å². The first-order valence-electron chi connectivity index (χ1n) is 16.7. The molecule has 0 fully saturated rings. The van der Waals surface area contributed by atoms with Crippen molar-refractivity contribution in [3.8, 4) is 51.0 Å². The van der Waals surface area contributed by atoms with Crippen LogP contribution in [0.5, 0.6) is 0 Å². The summed E-state index contributed by atoms with van der Waals surface area (Å²) >= 11 is 0. The SMILES string of the molecule is c1ccc(-c2ccc(-c3nc(-c4ccc5c(c4)oc4cccc(-c6ccccc6)c45)nc(-n4c5ccccc5c5ccccc54)n3)cc2)cc1. The lowest BCUT2D eigenvalue weighted by Crippen LogP contribution is -2.06. The van der Waals surface area contributed by atoms with Gasteiger partial charge in [0, 0.05) is 32.7 Å². The van der Waals surface area contributed by atoms with Crippen LogP contribution in [0.15, 0.2) is 174 Å². The van der Waals surface area contributed by atoms with Gasteiger partial charge in [-0.15, -0.1) is 0 Å². The van der Waals surface area contributed by atoms with Gasteiger partial charge >= 0.3 is 0 Å². The zero-order valence-corrected chi connectivity index (χ0v) is 26.9. The molecular formula is C45H28N4O. The average molecular weight is 641 g/mol. The second-order valence-electron chi connectivity index (χ2n) is 12.5. The first-order valence-corrected chi connectivity index (χ1v) is 16.7. The van der Waals surface area contributed by atoms with Crippen LogP contribution in [0.3, 0.4) is 0 Å². The van der Waals surface area contributed by atoms with E-state index in [-0.39, 0.29) is 0 Å². The topological polar surface area (TPSA) is 56.7 Å². The second-order valence-corrected chi connectivity index (χ2v) is 12.5. The van der Waals surface area contributed by atoms with Crippen LogP contribution in [0.2, 0.25) is 0 Å². The lowest BCUT2D eigenvalue weighted by atomic mass is 9.99. The summed E-state index contributed by atoms with van der Waals surface area (Å²) in [6.45, 7) is 0. The summed E-state index contributed by atoms with van der Waals surface area (Å²) < 4.78 is 8.63. The van der Waals surface area contributed by atoms with Crippen LogP contribution in [0.4, 0.5) is 0 Å². The molecule has 0 aliphatic carbocycles. The summed E-state index contributed by atoms with van der Waals surface area (Å²) in [7, 11) is 0. The van der Waals surface area contributed by atoms with E-state index in [1.54, 1.807) is 0 Å². The number of furan rings is 1. The maximum absolute atomic E-state index is 6.49. The van der Waals surface area contributed by atoms with Crippen LogP contribution < -0.4 is 0 Å². The second kappa shape index (κ2) is 11.4. The number of nitrogens with zero attached hydrogens (tertiary/aromatic N) is 4. The molecule has 0 atom stereocenters. The van der Waals surface area contributed by atoms with Crippen molar-refractivity contribution in [1.82, 2.24) is 19.5 Å². The normalized spacial score (nSPS) is 11.6. The molecule has 0 aliphatic heterocycles. The van der Waals surface area contributed by atoms with Crippen molar-refractivity contribution < 1.29 is 4.42 Å². The quantitative estimate of drug-likeness (QED) is 0.188. The fourth-order valence-electron chi connectivity index (χ4n) is 7.13. The highest BCUT2D eigenvalue weighted by molar-refractivity contribution is 6.13. The minimum absolute atomic E-state index is 0.561. The maximum atomic E-state index is 6.49. The highest BCUT2D eigenvalue weighted by Crippen LogP contribution is 2.38. The van der Waals surface area contributed by atoms with Crippen molar-refractivity contribution in [3.05, 3.63) is 170 Å². The number of para-hydroxylation sites is 2. The summed E-state index contributed by atoms with van der Waals surface area (Å²) in [6, 6.07) is 58.6. The largest absolute Gasteiger partial charge is 0.456 e. The van der Waals surface area contributed by atoms with Crippen LogP contribution in [-0.4, -0.2) is 19.5 Å². The Morgan fingerprint density at radius 1 is 0.380 bits per heavy atom. The van der Waals surface area contributed by atoms with Gasteiger partial charge in [-0.3, -0.25) is 4.57 Å². The third-order valence-corrected chi connectivity index (χ3v) is 9.49. The first-order chi connectivity index (χ1) is 24.8. The molecule has 0 saturated carbocycles. The molecule has 7 aromatic carbocycles. The molecule has 0 aliphatic rings. The smallest absolute Gasteiger partial charge is 0.238 e. The molecule has 3 heterocycles. The van der Waals surface area contributed by atoms with E-state index in [1.165, 1.54) is 0 Å². The Labute approximate surface area is 287 Å². The van der Waals surface area contributed by atoms with E-state index in [4.69, 9.17) is 19.4 Å². The number of rotatable bonds is 5. The van der Waals surface area contributed by atoms with Crippen molar-refractivity contribution >= 4 is 43.7 Å². The number of aromatic nitrogens is 4. The first kappa shape index (κ1) is 28.2. The number of hydrogen-bond donors (Lipinski definition) is 0. The fraction of sp³-hybridized carbons (Fsp3) is 0. The summed E-state index contributed by atoms with van der Waals surface area (Å²) in [5.41, 5.74) is 10.1. The van der Waals surface area contributed by atoms with Crippen LogP contribution in [0, 0.1) is 0 Å². The maximum Gasteiger partial charge on any atom is 0.238 e. The number of fused-ring (bicyclic) bond motifs is 6. The Morgan fingerprint density at radius 3 is 1.64 bits per heavy atom. The molecule has 5 heteroatoms. The van der Waals surface area contributed by atoms with Gasteiger partial charge < -0.3 is 4.42 Å². The minimum Gasteiger partial charge on any atom is -0.456 e. The Hall–Kier alpha value is -6.85. The van der Waals surface area contributed by atoms with Gasteiger partial charge in [-0.05, 0) is 52.6 Å². The molecular weight excluding hydrogens is 613 g/mol. The van der Waals surface area contributed by atoms with Gasteiger partial charge in [0.05, 0.1) is 11.0 Å². The van der Waals surface area contributed by atoms with E-state index < -0.39 is 0 Å². The summed E-state index contributed by atoms with van der Waals surface area (Å²) in [5, 5.41) is 4.45.